The van der Waals surface area contributed by atoms with Gasteiger partial charge in [0.1, 0.15) is 5.69 Å². The standard InChI is InChI=1S/C12H20N2/c1-4-5-10-14(11(2)3)12-6-8-13-9-7-12/h6-9,11H,4-5,10H2,1-3H3/p+1. The summed E-state index contributed by atoms with van der Waals surface area (Å²) in [6, 6.07) is 4.87. The molecule has 1 N–H and O–H groups in total. The first kappa shape index (κ1) is 11.2. The Balaban J connectivity index is 2.68. The minimum Gasteiger partial charge on any atom is -0.300 e. The summed E-state index contributed by atoms with van der Waals surface area (Å²) in [5.74, 6) is 0. The van der Waals surface area contributed by atoms with Crippen molar-refractivity contribution in [2.24, 2.45) is 0 Å². The molecule has 0 bridgehead atoms. The highest BCUT2D eigenvalue weighted by atomic mass is 15.1. The van der Waals surface area contributed by atoms with Crippen LogP contribution in [0.1, 0.15) is 33.6 Å². The van der Waals surface area contributed by atoms with Crippen LogP contribution in [0.4, 0.5) is 5.69 Å². The van der Waals surface area contributed by atoms with Gasteiger partial charge in [-0.05, 0) is 20.3 Å². The lowest BCUT2D eigenvalue weighted by Crippen LogP contribution is -3.10. The zero-order valence-corrected chi connectivity index (χ0v) is 9.46. The summed E-state index contributed by atoms with van der Waals surface area (Å²) in [5, 5.41) is 0. The first-order chi connectivity index (χ1) is 6.75. The van der Waals surface area contributed by atoms with Gasteiger partial charge in [0.05, 0.1) is 12.6 Å². The molecule has 1 aromatic heterocycles. The van der Waals surface area contributed by atoms with E-state index in [1.165, 1.54) is 25.1 Å². The van der Waals surface area contributed by atoms with Crippen molar-refractivity contribution in [3.63, 3.8) is 0 Å². The number of aromatic nitrogens is 1. The molecule has 14 heavy (non-hydrogen) atoms. The monoisotopic (exact) mass is 193 g/mol. The number of unbranched alkanes of at least 4 members (excludes halogenated alkanes) is 1. The largest absolute Gasteiger partial charge is 0.300 e. The van der Waals surface area contributed by atoms with Crippen molar-refractivity contribution >= 4 is 5.69 Å². The average Bonchev–Trinajstić information content (AvgIpc) is 2.19. The third-order valence-corrected chi connectivity index (χ3v) is 2.55. The molecular weight excluding hydrogens is 172 g/mol. The molecule has 1 rings (SSSR count). The maximum Gasteiger partial charge on any atom is 0.134 e. The second-order valence-electron chi connectivity index (χ2n) is 4.02. The van der Waals surface area contributed by atoms with Crippen LogP contribution in [0.2, 0.25) is 0 Å². The fourth-order valence-corrected chi connectivity index (χ4v) is 1.70. The van der Waals surface area contributed by atoms with Gasteiger partial charge in [-0.3, -0.25) is 4.98 Å². The average molecular weight is 193 g/mol. The molecule has 1 aromatic rings. The number of hydrogen-bond acceptors (Lipinski definition) is 1. The molecule has 0 aliphatic rings. The lowest BCUT2D eigenvalue weighted by Gasteiger charge is -2.22. The summed E-state index contributed by atoms with van der Waals surface area (Å²) in [6.45, 7) is 8.00. The van der Waals surface area contributed by atoms with Crippen molar-refractivity contribution < 1.29 is 4.90 Å². The number of hydrogen-bond donors (Lipinski definition) is 1. The maximum atomic E-state index is 4.05. The van der Waals surface area contributed by atoms with Crippen molar-refractivity contribution in [3.05, 3.63) is 24.5 Å². The van der Waals surface area contributed by atoms with Gasteiger partial charge in [-0.2, -0.15) is 0 Å². The molecule has 0 fully saturated rings. The summed E-state index contributed by atoms with van der Waals surface area (Å²) in [4.78, 5) is 5.62. The van der Waals surface area contributed by atoms with E-state index in [0.717, 1.165) is 0 Å². The molecule has 0 amide bonds. The molecule has 1 heterocycles. The van der Waals surface area contributed by atoms with Crippen molar-refractivity contribution in [2.45, 2.75) is 39.7 Å². The van der Waals surface area contributed by atoms with Crippen molar-refractivity contribution in [1.29, 1.82) is 0 Å². The van der Waals surface area contributed by atoms with E-state index in [4.69, 9.17) is 0 Å². The Morgan fingerprint density at radius 1 is 1.29 bits per heavy atom. The number of nitrogens with one attached hydrogen (secondary N) is 1. The quantitative estimate of drug-likeness (QED) is 0.755. The Labute approximate surface area is 87.0 Å². The molecular formula is C12H21N2+. The van der Waals surface area contributed by atoms with Gasteiger partial charge in [-0.1, -0.05) is 13.3 Å². The van der Waals surface area contributed by atoms with E-state index in [1.807, 2.05) is 12.4 Å². The van der Waals surface area contributed by atoms with E-state index in [2.05, 4.69) is 37.9 Å². The Morgan fingerprint density at radius 2 is 1.93 bits per heavy atom. The van der Waals surface area contributed by atoms with Crippen LogP contribution in [-0.2, 0) is 0 Å². The third kappa shape index (κ3) is 3.11. The van der Waals surface area contributed by atoms with Gasteiger partial charge in [0.25, 0.3) is 0 Å². The minimum absolute atomic E-state index is 0.643. The normalized spacial score (nSPS) is 13.1. The highest BCUT2D eigenvalue weighted by molar-refractivity contribution is 5.24. The van der Waals surface area contributed by atoms with Gasteiger partial charge < -0.3 is 4.90 Å². The molecule has 0 aliphatic carbocycles. The molecule has 0 saturated carbocycles. The molecule has 0 saturated heterocycles. The van der Waals surface area contributed by atoms with Crippen LogP contribution >= 0.6 is 0 Å². The van der Waals surface area contributed by atoms with Crippen LogP contribution < -0.4 is 4.90 Å². The highest BCUT2D eigenvalue weighted by Gasteiger charge is 2.14. The molecule has 0 spiro atoms. The summed E-state index contributed by atoms with van der Waals surface area (Å²) < 4.78 is 0. The maximum absolute atomic E-state index is 4.05. The Morgan fingerprint density at radius 3 is 2.43 bits per heavy atom. The van der Waals surface area contributed by atoms with Gasteiger partial charge in [-0.25, -0.2) is 0 Å². The van der Waals surface area contributed by atoms with E-state index in [0.29, 0.717) is 6.04 Å². The first-order valence-corrected chi connectivity index (χ1v) is 5.51. The summed E-state index contributed by atoms with van der Waals surface area (Å²) in [6.07, 6.45) is 6.31. The van der Waals surface area contributed by atoms with Crippen LogP contribution in [0.25, 0.3) is 0 Å². The zero-order valence-electron chi connectivity index (χ0n) is 9.46. The van der Waals surface area contributed by atoms with Gasteiger partial charge in [0.2, 0.25) is 0 Å². The highest BCUT2D eigenvalue weighted by Crippen LogP contribution is 1.98. The Kier molecular flexibility index (Phi) is 4.60. The van der Waals surface area contributed by atoms with Gasteiger partial charge in [0, 0.05) is 24.5 Å². The molecule has 2 nitrogen and oxygen atoms in total. The van der Waals surface area contributed by atoms with Crippen molar-refractivity contribution in [3.8, 4) is 0 Å². The van der Waals surface area contributed by atoms with E-state index < -0.39 is 0 Å². The lowest BCUT2D eigenvalue weighted by atomic mass is 10.2. The fraction of sp³-hybridized carbons (Fsp3) is 0.583. The molecule has 1 atom stereocenters. The number of rotatable bonds is 5. The Hall–Kier alpha value is -0.890. The fourth-order valence-electron chi connectivity index (χ4n) is 1.70. The van der Waals surface area contributed by atoms with Gasteiger partial charge in [-0.15, -0.1) is 0 Å². The second-order valence-corrected chi connectivity index (χ2v) is 4.02. The molecule has 2 heteroatoms. The number of quaternary nitrogens is 1. The van der Waals surface area contributed by atoms with Crippen LogP contribution in [0.3, 0.4) is 0 Å². The smallest absolute Gasteiger partial charge is 0.134 e. The SMILES string of the molecule is CCCC[NH+](c1ccncc1)C(C)C. The topological polar surface area (TPSA) is 17.3 Å². The van der Waals surface area contributed by atoms with E-state index >= 15 is 0 Å². The van der Waals surface area contributed by atoms with Crippen LogP contribution in [0.15, 0.2) is 24.5 Å². The van der Waals surface area contributed by atoms with E-state index in [9.17, 15) is 0 Å². The Bertz CT molecular complexity index is 244. The molecule has 0 aliphatic heterocycles. The number of pyridine rings is 1. The molecule has 0 aromatic carbocycles. The predicted molar refractivity (Wildman–Crippen MR) is 59.8 cm³/mol. The second kappa shape index (κ2) is 5.76. The molecule has 1 unspecified atom stereocenters. The minimum atomic E-state index is 0.643. The summed E-state index contributed by atoms with van der Waals surface area (Å²) >= 11 is 0. The molecule has 78 valence electrons. The van der Waals surface area contributed by atoms with Crippen molar-refractivity contribution in [2.75, 3.05) is 6.54 Å². The summed E-state index contributed by atoms with van der Waals surface area (Å²) in [5.41, 5.74) is 1.36. The molecule has 0 radical (unpaired) electrons. The van der Waals surface area contributed by atoms with Crippen LogP contribution in [0, 0.1) is 0 Å². The van der Waals surface area contributed by atoms with E-state index in [1.54, 1.807) is 4.90 Å². The predicted octanol–water partition coefficient (Wildman–Crippen LogP) is 1.81. The first-order valence-electron chi connectivity index (χ1n) is 5.51. The lowest BCUT2D eigenvalue weighted by molar-refractivity contribution is -0.856. The summed E-state index contributed by atoms with van der Waals surface area (Å²) in [7, 11) is 0. The van der Waals surface area contributed by atoms with Gasteiger partial charge in [0.15, 0.2) is 0 Å². The van der Waals surface area contributed by atoms with Crippen LogP contribution in [-0.4, -0.2) is 17.6 Å². The van der Waals surface area contributed by atoms with Crippen LogP contribution in [0.5, 0.6) is 0 Å². The number of nitrogens with zero attached hydrogens (tertiary/aromatic N) is 1. The van der Waals surface area contributed by atoms with Crippen molar-refractivity contribution in [1.82, 2.24) is 4.98 Å². The van der Waals surface area contributed by atoms with Gasteiger partial charge >= 0.3 is 0 Å². The zero-order chi connectivity index (χ0) is 10.4. The van der Waals surface area contributed by atoms with E-state index in [-0.39, 0.29) is 0 Å². The third-order valence-electron chi connectivity index (χ3n) is 2.55.